The summed E-state index contributed by atoms with van der Waals surface area (Å²) in [5, 5.41) is 3.28. The Bertz CT molecular complexity index is 1150. The molecule has 1 atom stereocenters. The minimum Gasteiger partial charge on any atom is -0.497 e. The van der Waals surface area contributed by atoms with Gasteiger partial charge in [0.1, 0.15) is 5.75 Å². The minimum absolute atomic E-state index is 0.121. The van der Waals surface area contributed by atoms with Gasteiger partial charge in [0.15, 0.2) is 0 Å². The number of benzene rings is 2. The average molecular weight is 403 g/mol. The van der Waals surface area contributed by atoms with E-state index >= 15 is 0 Å². The lowest BCUT2D eigenvalue weighted by Gasteiger charge is -2.36. The fourth-order valence-corrected chi connectivity index (χ4v) is 5.00. The molecule has 4 nitrogen and oxygen atoms in total. The molecule has 0 saturated carbocycles. The smallest absolute Gasteiger partial charge is 0.228 e. The number of fused-ring (bicyclic) bond motifs is 3. The van der Waals surface area contributed by atoms with Gasteiger partial charge in [0.05, 0.1) is 19.6 Å². The third kappa shape index (κ3) is 3.21. The molecule has 29 heavy (non-hydrogen) atoms. The number of aromatic nitrogens is 1. The number of aromatic amines is 1. The Balaban J connectivity index is 1.59. The van der Waals surface area contributed by atoms with Gasteiger partial charge < -0.3 is 14.6 Å². The Kier molecular flexibility index (Phi) is 4.60. The van der Waals surface area contributed by atoms with Crippen molar-refractivity contribution in [2.24, 2.45) is 0 Å². The number of carbonyl (C=O) groups is 1. The second-order valence-electron chi connectivity index (χ2n) is 7.33. The Morgan fingerprint density at radius 1 is 1.14 bits per heavy atom. The third-order valence-electron chi connectivity index (χ3n) is 5.69. The Labute approximate surface area is 173 Å². The molecule has 0 radical (unpaired) electrons. The van der Waals surface area contributed by atoms with Crippen molar-refractivity contribution >= 4 is 28.1 Å². The fourth-order valence-electron chi connectivity index (χ4n) is 4.31. The summed E-state index contributed by atoms with van der Waals surface area (Å²) in [4.78, 5) is 20.0. The number of nitrogens with zero attached hydrogens (tertiary/aromatic N) is 1. The van der Waals surface area contributed by atoms with Crippen LogP contribution in [0.25, 0.3) is 10.9 Å². The van der Waals surface area contributed by atoms with E-state index in [0.29, 0.717) is 6.42 Å². The predicted octanol–water partition coefficient (Wildman–Crippen LogP) is 4.95. The van der Waals surface area contributed by atoms with Crippen LogP contribution >= 0.6 is 11.3 Å². The van der Waals surface area contributed by atoms with Crippen LogP contribution in [0.2, 0.25) is 0 Å². The molecule has 0 aliphatic carbocycles. The summed E-state index contributed by atoms with van der Waals surface area (Å²) in [5.74, 6) is 0.982. The molecule has 5 rings (SSSR count). The van der Waals surface area contributed by atoms with Crippen LogP contribution in [0.5, 0.6) is 5.75 Å². The largest absolute Gasteiger partial charge is 0.497 e. The SMILES string of the molecule is COc1ccc([C@H]2c3[nH]c4ccccc4c3CCN2C(=O)Cc2cccs2)cc1. The van der Waals surface area contributed by atoms with Crippen molar-refractivity contribution < 1.29 is 9.53 Å². The third-order valence-corrected chi connectivity index (χ3v) is 6.57. The van der Waals surface area contributed by atoms with Crippen molar-refractivity contribution in [1.29, 1.82) is 0 Å². The van der Waals surface area contributed by atoms with Gasteiger partial charge in [-0.25, -0.2) is 0 Å². The number of hydrogen-bond donors (Lipinski definition) is 1. The molecule has 1 aliphatic heterocycles. The summed E-state index contributed by atoms with van der Waals surface area (Å²) in [5.41, 5.74) is 4.67. The Morgan fingerprint density at radius 2 is 1.97 bits per heavy atom. The lowest BCUT2D eigenvalue weighted by atomic mass is 9.92. The monoisotopic (exact) mass is 402 g/mol. The normalized spacial score (nSPS) is 16.0. The number of H-pyrrole nitrogens is 1. The number of amides is 1. The number of carbonyl (C=O) groups excluding carboxylic acids is 1. The van der Waals surface area contributed by atoms with Gasteiger partial charge in [-0.1, -0.05) is 36.4 Å². The maximum atomic E-state index is 13.3. The quantitative estimate of drug-likeness (QED) is 0.525. The summed E-state index contributed by atoms with van der Waals surface area (Å²) in [6.45, 7) is 0.718. The number of rotatable bonds is 4. The van der Waals surface area contributed by atoms with Crippen molar-refractivity contribution in [1.82, 2.24) is 9.88 Å². The summed E-state index contributed by atoms with van der Waals surface area (Å²) in [6, 6.07) is 20.4. The van der Waals surface area contributed by atoms with Crippen molar-refractivity contribution in [3.63, 3.8) is 0 Å². The van der Waals surface area contributed by atoms with Crippen molar-refractivity contribution in [3.05, 3.63) is 87.7 Å². The first-order valence-corrected chi connectivity index (χ1v) is 10.7. The lowest BCUT2D eigenvalue weighted by Crippen LogP contribution is -2.41. The number of thiophene rings is 1. The molecule has 0 fully saturated rings. The maximum absolute atomic E-state index is 13.3. The van der Waals surface area contributed by atoms with E-state index < -0.39 is 0 Å². The molecule has 1 aliphatic rings. The summed E-state index contributed by atoms with van der Waals surface area (Å²) in [6.07, 6.45) is 1.31. The predicted molar refractivity (Wildman–Crippen MR) is 117 cm³/mol. The van der Waals surface area contributed by atoms with E-state index in [-0.39, 0.29) is 11.9 Å². The minimum atomic E-state index is -0.121. The number of methoxy groups -OCH3 is 1. The number of ether oxygens (including phenoxy) is 1. The van der Waals surface area contributed by atoms with Crippen LogP contribution < -0.4 is 4.74 Å². The van der Waals surface area contributed by atoms with E-state index in [4.69, 9.17) is 4.74 Å². The highest BCUT2D eigenvalue weighted by molar-refractivity contribution is 7.10. The van der Waals surface area contributed by atoms with E-state index in [2.05, 4.69) is 35.3 Å². The van der Waals surface area contributed by atoms with Gasteiger partial charge in [0.25, 0.3) is 0 Å². The number of para-hydroxylation sites is 1. The van der Waals surface area contributed by atoms with E-state index in [9.17, 15) is 4.79 Å². The zero-order valence-corrected chi connectivity index (χ0v) is 17.0. The van der Waals surface area contributed by atoms with Crippen LogP contribution in [0, 0.1) is 0 Å². The first-order chi connectivity index (χ1) is 14.2. The second-order valence-corrected chi connectivity index (χ2v) is 8.36. The Morgan fingerprint density at radius 3 is 2.72 bits per heavy atom. The molecule has 0 spiro atoms. The van der Waals surface area contributed by atoms with E-state index in [1.54, 1.807) is 18.4 Å². The van der Waals surface area contributed by atoms with Crippen molar-refractivity contribution in [3.8, 4) is 5.75 Å². The molecular weight excluding hydrogens is 380 g/mol. The van der Waals surface area contributed by atoms with Gasteiger partial charge in [-0.15, -0.1) is 11.3 Å². The van der Waals surface area contributed by atoms with Gasteiger partial charge in [0.2, 0.25) is 5.91 Å². The van der Waals surface area contributed by atoms with Crippen LogP contribution in [0.15, 0.2) is 66.0 Å². The van der Waals surface area contributed by atoms with E-state index in [1.165, 1.54) is 10.9 Å². The highest BCUT2D eigenvalue weighted by Gasteiger charge is 2.34. The van der Waals surface area contributed by atoms with Crippen molar-refractivity contribution in [2.75, 3.05) is 13.7 Å². The molecule has 1 N–H and O–H groups in total. The summed E-state index contributed by atoms with van der Waals surface area (Å²) in [7, 11) is 1.67. The molecule has 2 aromatic heterocycles. The van der Waals surface area contributed by atoms with Gasteiger partial charge in [0, 0.05) is 28.0 Å². The number of nitrogens with one attached hydrogen (secondary N) is 1. The fraction of sp³-hybridized carbons (Fsp3) is 0.208. The topological polar surface area (TPSA) is 45.3 Å². The standard InChI is InChI=1S/C24H22N2O2S/c1-28-17-10-8-16(9-11-17)24-23-20(19-6-2-3-7-21(19)25-23)12-13-26(24)22(27)15-18-5-4-14-29-18/h2-11,14,24-25H,12-13,15H2,1H3/t24-/m0/s1. The molecule has 0 saturated heterocycles. The first kappa shape index (κ1) is 18.0. The number of hydrogen-bond acceptors (Lipinski definition) is 3. The summed E-state index contributed by atoms with van der Waals surface area (Å²) < 4.78 is 5.33. The molecule has 1 amide bonds. The van der Waals surface area contributed by atoms with Gasteiger partial charge in [-0.2, -0.15) is 0 Å². The van der Waals surface area contributed by atoms with E-state index in [1.807, 2.05) is 40.6 Å². The van der Waals surface area contributed by atoms with E-state index in [0.717, 1.165) is 40.4 Å². The average Bonchev–Trinajstić information content (AvgIpc) is 3.40. The van der Waals surface area contributed by atoms with Gasteiger partial charge in [-0.3, -0.25) is 4.79 Å². The Hall–Kier alpha value is -3.05. The molecule has 5 heteroatoms. The summed E-state index contributed by atoms with van der Waals surface area (Å²) >= 11 is 1.63. The zero-order valence-electron chi connectivity index (χ0n) is 16.2. The van der Waals surface area contributed by atoms with Gasteiger partial charge >= 0.3 is 0 Å². The highest BCUT2D eigenvalue weighted by atomic mass is 32.1. The molecule has 3 heterocycles. The molecule has 146 valence electrons. The van der Waals surface area contributed by atoms with Crippen LogP contribution in [-0.2, 0) is 17.6 Å². The van der Waals surface area contributed by atoms with Crippen molar-refractivity contribution in [2.45, 2.75) is 18.9 Å². The van der Waals surface area contributed by atoms with Crippen LogP contribution in [0.4, 0.5) is 0 Å². The lowest BCUT2D eigenvalue weighted by molar-refractivity contribution is -0.132. The maximum Gasteiger partial charge on any atom is 0.228 e. The zero-order chi connectivity index (χ0) is 19.8. The molecule has 4 aromatic rings. The van der Waals surface area contributed by atoms with Gasteiger partial charge in [-0.05, 0) is 47.2 Å². The molecular formula is C24H22N2O2S. The highest BCUT2D eigenvalue weighted by Crippen LogP contribution is 2.39. The first-order valence-electron chi connectivity index (χ1n) is 9.80. The molecule has 2 aromatic carbocycles. The molecule has 0 unspecified atom stereocenters. The van der Waals surface area contributed by atoms with Crippen LogP contribution in [0.3, 0.4) is 0 Å². The van der Waals surface area contributed by atoms with Crippen LogP contribution in [0.1, 0.15) is 27.7 Å². The van der Waals surface area contributed by atoms with Crippen LogP contribution in [-0.4, -0.2) is 29.4 Å². The molecule has 0 bridgehead atoms. The second kappa shape index (κ2) is 7.41.